The third-order valence-electron chi connectivity index (χ3n) is 2.96. The third kappa shape index (κ3) is 2.44. The van der Waals surface area contributed by atoms with Gasteiger partial charge in [-0.15, -0.1) is 0 Å². The van der Waals surface area contributed by atoms with E-state index in [2.05, 4.69) is 22.3 Å². The lowest BCUT2D eigenvalue weighted by molar-refractivity contribution is 0.394. The summed E-state index contributed by atoms with van der Waals surface area (Å²) in [5.74, 6) is 2.09. The molecule has 13 heavy (non-hydrogen) atoms. The van der Waals surface area contributed by atoms with E-state index < -0.39 is 0 Å². The van der Waals surface area contributed by atoms with E-state index in [0.717, 1.165) is 19.0 Å². The molecule has 0 aromatic heterocycles. The zero-order chi connectivity index (χ0) is 9.10. The number of rotatable bonds is 2. The molecule has 2 aliphatic heterocycles. The fraction of sp³-hybridized carbons (Fsp3) is 0.900. The van der Waals surface area contributed by atoms with Gasteiger partial charge < -0.3 is 10.2 Å². The monoisotopic (exact) mass is 181 g/mol. The Morgan fingerprint density at radius 2 is 2.54 bits per heavy atom. The number of hydrogen-bond donors (Lipinski definition) is 1. The molecule has 1 fully saturated rings. The SMILES string of the molecule is CN1CCC(CNC2=NCCC2)C1. The largest absolute Gasteiger partial charge is 0.374 e. The lowest BCUT2D eigenvalue weighted by atomic mass is 10.1. The van der Waals surface area contributed by atoms with Gasteiger partial charge >= 0.3 is 0 Å². The van der Waals surface area contributed by atoms with Crippen LogP contribution in [0.5, 0.6) is 0 Å². The molecule has 0 aromatic rings. The number of amidine groups is 1. The Morgan fingerprint density at radius 1 is 1.62 bits per heavy atom. The van der Waals surface area contributed by atoms with Crippen LogP contribution in [0.2, 0.25) is 0 Å². The van der Waals surface area contributed by atoms with Gasteiger partial charge in [0.1, 0.15) is 0 Å². The zero-order valence-corrected chi connectivity index (χ0v) is 8.42. The first-order chi connectivity index (χ1) is 6.34. The van der Waals surface area contributed by atoms with Crippen LogP contribution in [0.3, 0.4) is 0 Å². The molecule has 74 valence electrons. The minimum absolute atomic E-state index is 0.841. The van der Waals surface area contributed by atoms with Crippen LogP contribution in [-0.4, -0.2) is 44.0 Å². The Hall–Kier alpha value is -0.570. The maximum Gasteiger partial charge on any atom is 0.0963 e. The molecule has 1 unspecified atom stereocenters. The summed E-state index contributed by atoms with van der Waals surface area (Å²) in [6.45, 7) is 4.68. The predicted octanol–water partition coefficient (Wildman–Crippen LogP) is 0.720. The summed E-state index contributed by atoms with van der Waals surface area (Å²) < 4.78 is 0. The van der Waals surface area contributed by atoms with Crippen LogP contribution in [0.4, 0.5) is 0 Å². The Bertz CT molecular complexity index is 200. The van der Waals surface area contributed by atoms with Crippen molar-refractivity contribution in [2.75, 3.05) is 33.2 Å². The molecular weight excluding hydrogens is 162 g/mol. The van der Waals surface area contributed by atoms with E-state index in [1.807, 2.05) is 0 Å². The molecule has 0 amide bonds. The fourth-order valence-corrected chi connectivity index (χ4v) is 2.14. The minimum atomic E-state index is 0.841. The second kappa shape index (κ2) is 4.09. The van der Waals surface area contributed by atoms with Gasteiger partial charge in [0.2, 0.25) is 0 Å². The van der Waals surface area contributed by atoms with Gasteiger partial charge in [0, 0.05) is 26.1 Å². The summed E-state index contributed by atoms with van der Waals surface area (Å²) in [6, 6.07) is 0. The first-order valence-electron chi connectivity index (χ1n) is 5.30. The van der Waals surface area contributed by atoms with E-state index >= 15 is 0 Å². The second-order valence-electron chi connectivity index (χ2n) is 4.23. The van der Waals surface area contributed by atoms with Crippen LogP contribution in [0.25, 0.3) is 0 Å². The number of hydrogen-bond acceptors (Lipinski definition) is 3. The molecule has 3 nitrogen and oxygen atoms in total. The Labute approximate surface area is 80.2 Å². The van der Waals surface area contributed by atoms with E-state index in [9.17, 15) is 0 Å². The molecule has 3 heteroatoms. The summed E-state index contributed by atoms with van der Waals surface area (Å²) in [5.41, 5.74) is 0. The van der Waals surface area contributed by atoms with Crippen LogP contribution >= 0.6 is 0 Å². The molecule has 0 radical (unpaired) electrons. The normalized spacial score (nSPS) is 29.3. The summed E-state index contributed by atoms with van der Waals surface area (Å²) >= 11 is 0. The molecule has 0 bridgehead atoms. The van der Waals surface area contributed by atoms with Crippen molar-refractivity contribution in [3.05, 3.63) is 0 Å². The van der Waals surface area contributed by atoms with Crippen molar-refractivity contribution in [3.63, 3.8) is 0 Å². The number of nitrogens with one attached hydrogen (secondary N) is 1. The Morgan fingerprint density at radius 3 is 3.15 bits per heavy atom. The molecule has 0 aliphatic carbocycles. The second-order valence-corrected chi connectivity index (χ2v) is 4.23. The lowest BCUT2D eigenvalue weighted by Crippen LogP contribution is -2.29. The minimum Gasteiger partial charge on any atom is -0.374 e. The number of nitrogens with zero attached hydrogens (tertiary/aromatic N) is 2. The van der Waals surface area contributed by atoms with Crippen molar-refractivity contribution in [3.8, 4) is 0 Å². The maximum atomic E-state index is 4.41. The summed E-state index contributed by atoms with van der Waals surface area (Å²) in [7, 11) is 2.20. The molecule has 1 atom stereocenters. The van der Waals surface area contributed by atoms with Gasteiger partial charge in [-0.2, -0.15) is 0 Å². The molecule has 2 heterocycles. The van der Waals surface area contributed by atoms with Crippen LogP contribution in [0.15, 0.2) is 4.99 Å². The van der Waals surface area contributed by atoms with Crippen molar-refractivity contribution < 1.29 is 0 Å². The molecule has 0 aromatic carbocycles. The highest BCUT2D eigenvalue weighted by Crippen LogP contribution is 2.13. The van der Waals surface area contributed by atoms with Gasteiger partial charge in [0.15, 0.2) is 0 Å². The summed E-state index contributed by atoms with van der Waals surface area (Å²) in [5, 5.41) is 3.47. The van der Waals surface area contributed by atoms with Crippen molar-refractivity contribution in [2.45, 2.75) is 19.3 Å². The van der Waals surface area contributed by atoms with Crippen molar-refractivity contribution in [1.29, 1.82) is 0 Å². The first-order valence-corrected chi connectivity index (χ1v) is 5.30. The smallest absolute Gasteiger partial charge is 0.0963 e. The van der Waals surface area contributed by atoms with E-state index in [0.29, 0.717) is 0 Å². The van der Waals surface area contributed by atoms with Crippen molar-refractivity contribution >= 4 is 5.84 Å². The zero-order valence-electron chi connectivity index (χ0n) is 8.42. The standard InChI is InChI=1S/C10H19N3/c1-13-6-4-9(8-13)7-12-10-3-2-5-11-10/h9H,2-8H2,1H3,(H,11,12). The van der Waals surface area contributed by atoms with E-state index in [1.54, 1.807) is 0 Å². The van der Waals surface area contributed by atoms with Gasteiger partial charge in [-0.05, 0) is 32.4 Å². The Kier molecular flexibility index (Phi) is 2.83. The summed E-state index contributed by atoms with van der Waals surface area (Å²) in [4.78, 5) is 6.81. The van der Waals surface area contributed by atoms with E-state index in [4.69, 9.17) is 0 Å². The van der Waals surface area contributed by atoms with Crippen LogP contribution in [-0.2, 0) is 0 Å². The van der Waals surface area contributed by atoms with Gasteiger partial charge in [-0.25, -0.2) is 0 Å². The van der Waals surface area contributed by atoms with Gasteiger partial charge in [-0.3, -0.25) is 4.99 Å². The fourth-order valence-electron chi connectivity index (χ4n) is 2.14. The number of aliphatic imine (C=N–C) groups is 1. The average molecular weight is 181 g/mol. The molecular formula is C10H19N3. The van der Waals surface area contributed by atoms with Crippen LogP contribution < -0.4 is 5.32 Å². The molecule has 2 rings (SSSR count). The summed E-state index contributed by atoms with van der Waals surface area (Å²) in [6.07, 6.45) is 3.76. The van der Waals surface area contributed by atoms with Gasteiger partial charge in [-0.1, -0.05) is 0 Å². The highest BCUT2D eigenvalue weighted by molar-refractivity contribution is 5.83. The molecule has 1 saturated heterocycles. The van der Waals surface area contributed by atoms with Crippen molar-refractivity contribution in [1.82, 2.24) is 10.2 Å². The van der Waals surface area contributed by atoms with E-state index in [1.165, 1.54) is 38.2 Å². The average Bonchev–Trinajstić information content (AvgIpc) is 2.71. The number of likely N-dealkylation sites (tertiary alicyclic amines) is 1. The van der Waals surface area contributed by atoms with Crippen LogP contribution in [0, 0.1) is 5.92 Å². The topological polar surface area (TPSA) is 27.6 Å². The molecule has 0 spiro atoms. The lowest BCUT2D eigenvalue weighted by Gasteiger charge is -2.12. The van der Waals surface area contributed by atoms with Gasteiger partial charge in [0.25, 0.3) is 0 Å². The van der Waals surface area contributed by atoms with E-state index in [-0.39, 0.29) is 0 Å². The Balaban J connectivity index is 1.67. The highest BCUT2D eigenvalue weighted by atomic mass is 15.1. The molecule has 1 N–H and O–H groups in total. The van der Waals surface area contributed by atoms with Gasteiger partial charge in [0.05, 0.1) is 5.84 Å². The highest BCUT2D eigenvalue weighted by Gasteiger charge is 2.19. The molecule has 2 aliphatic rings. The quantitative estimate of drug-likeness (QED) is 0.680. The maximum absolute atomic E-state index is 4.41. The molecule has 0 saturated carbocycles. The van der Waals surface area contributed by atoms with Crippen LogP contribution in [0.1, 0.15) is 19.3 Å². The van der Waals surface area contributed by atoms with Crippen molar-refractivity contribution in [2.24, 2.45) is 10.9 Å². The third-order valence-corrected chi connectivity index (χ3v) is 2.96. The predicted molar refractivity (Wildman–Crippen MR) is 55.1 cm³/mol. The first kappa shape index (κ1) is 9.00.